The van der Waals surface area contributed by atoms with E-state index < -0.39 is 23.5 Å². The summed E-state index contributed by atoms with van der Waals surface area (Å²) < 4.78 is 24.3. The van der Waals surface area contributed by atoms with Gasteiger partial charge in [-0.05, 0) is 17.7 Å². The molecule has 0 fully saturated rings. The number of esters is 1. The highest BCUT2D eigenvalue weighted by atomic mass is 79.9. The predicted molar refractivity (Wildman–Crippen MR) is 88.1 cm³/mol. The molecule has 5 nitrogen and oxygen atoms in total. The summed E-state index contributed by atoms with van der Waals surface area (Å²) in [5.41, 5.74) is 6.09. The van der Waals surface area contributed by atoms with E-state index in [1.807, 2.05) is 12.1 Å². The molecule has 1 aromatic heterocycles. The Balaban J connectivity index is 1.91. The summed E-state index contributed by atoms with van der Waals surface area (Å²) in [6.45, 7) is -0.419. The van der Waals surface area contributed by atoms with Crippen LogP contribution in [0.1, 0.15) is 5.56 Å². The number of rotatable bonds is 5. The highest BCUT2D eigenvalue weighted by Gasteiger charge is 2.17. The number of nitrogen functional groups attached to an aromatic ring is 1. The molecule has 1 aromatic carbocycles. The number of hydrogen-bond acceptors (Lipinski definition) is 5. The maximum Gasteiger partial charge on any atom is 0.344 e. The van der Waals surface area contributed by atoms with Gasteiger partial charge in [0.05, 0.1) is 5.69 Å². The SMILES string of the molecule is Nc1c(Cl)c(F)nc(OCC(=O)OCc2ccc(Br)cc2)c1Cl. The summed E-state index contributed by atoms with van der Waals surface area (Å²) in [6, 6.07) is 7.24. The summed E-state index contributed by atoms with van der Waals surface area (Å²) in [4.78, 5) is 15.0. The molecular weight excluding hydrogens is 414 g/mol. The zero-order valence-electron chi connectivity index (χ0n) is 11.5. The first-order valence-corrected chi connectivity index (χ1v) is 7.76. The lowest BCUT2D eigenvalue weighted by molar-refractivity contribution is -0.147. The molecule has 0 atom stereocenters. The quantitative estimate of drug-likeness (QED) is 0.581. The molecule has 122 valence electrons. The van der Waals surface area contributed by atoms with E-state index in [1.54, 1.807) is 12.1 Å². The molecule has 2 aromatic rings. The third-order valence-corrected chi connectivity index (χ3v) is 3.93. The lowest BCUT2D eigenvalue weighted by atomic mass is 10.2. The normalized spacial score (nSPS) is 10.4. The van der Waals surface area contributed by atoms with Crippen molar-refractivity contribution < 1.29 is 18.7 Å². The molecule has 0 aliphatic heterocycles. The Morgan fingerprint density at radius 2 is 1.91 bits per heavy atom. The summed E-state index contributed by atoms with van der Waals surface area (Å²) in [5.74, 6) is -2.03. The Hall–Kier alpha value is -1.57. The highest BCUT2D eigenvalue weighted by molar-refractivity contribution is 9.10. The zero-order chi connectivity index (χ0) is 17.0. The first-order valence-electron chi connectivity index (χ1n) is 6.21. The van der Waals surface area contributed by atoms with Crippen LogP contribution in [-0.4, -0.2) is 17.6 Å². The van der Waals surface area contributed by atoms with Crippen LogP contribution in [-0.2, 0) is 16.1 Å². The maximum atomic E-state index is 13.4. The first-order chi connectivity index (χ1) is 10.9. The number of benzene rings is 1. The van der Waals surface area contributed by atoms with Gasteiger partial charge in [-0.3, -0.25) is 0 Å². The smallest absolute Gasteiger partial charge is 0.344 e. The monoisotopic (exact) mass is 422 g/mol. The number of anilines is 1. The number of halogens is 4. The van der Waals surface area contributed by atoms with Crippen LogP contribution in [0.5, 0.6) is 5.88 Å². The highest BCUT2D eigenvalue weighted by Crippen LogP contribution is 2.35. The molecule has 2 N–H and O–H groups in total. The van der Waals surface area contributed by atoms with Gasteiger partial charge in [-0.2, -0.15) is 9.37 Å². The number of hydrogen-bond donors (Lipinski definition) is 1. The number of nitrogens with zero attached hydrogens (tertiary/aromatic N) is 1. The van der Waals surface area contributed by atoms with Crippen LogP contribution >= 0.6 is 39.1 Å². The van der Waals surface area contributed by atoms with Gasteiger partial charge < -0.3 is 15.2 Å². The number of nitrogens with two attached hydrogens (primary N) is 1. The number of pyridine rings is 1. The van der Waals surface area contributed by atoms with Gasteiger partial charge in [0.2, 0.25) is 11.8 Å². The molecule has 1 heterocycles. The summed E-state index contributed by atoms with van der Waals surface area (Å²) >= 11 is 14.7. The first kappa shape index (κ1) is 17.8. The van der Waals surface area contributed by atoms with Gasteiger partial charge in [0.15, 0.2) is 6.61 Å². The van der Waals surface area contributed by atoms with Crippen molar-refractivity contribution in [1.82, 2.24) is 4.98 Å². The number of carbonyl (C=O) groups excluding carboxylic acids is 1. The van der Waals surface area contributed by atoms with Crippen LogP contribution in [0.3, 0.4) is 0 Å². The lowest BCUT2D eigenvalue weighted by Crippen LogP contribution is -2.16. The van der Waals surface area contributed by atoms with Crippen molar-refractivity contribution >= 4 is 50.8 Å². The van der Waals surface area contributed by atoms with Gasteiger partial charge in [-0.25, -0.2) is 4.79 Å². The molecule has 23 heavy (non-hydrogen) atoms. The molecule has 9 heteroatoms. The maximum absolute atomic E-state index is 13.4. The lowest BCUT2D eigenvalue weighted by Gasteiger charge is -2.10. The van der Waals surface area contributed by atoms with Gasteiger partial charge in [-0.1, -0.05) is 51.3 Å². The van der Waals surface area contributed by atoms with Crippen molar-refractivity contribution in [2.45, 2.75) is 6.61 Å². The van der Waals surface area contributed by atoms with Crippen LogP contribution in [0, 0.1) is 5.95 Å². The molecule has 0 bridgehead atoms. The van der Waals surface area contributed by atoms with E-state index in [0.717, 1.165) is 10.0 Å². The summed E-state index contributed by atoms with van der Waals surface area (Å²) in [7, 11) is 0. The molecular formula is C14H10BrCl2FN2O3. The van der Waals surface area contributed by atoms with Gasteiger partial charge in [0.1, 0.15) is 16.7 Å². The Bertz CT molecular complexity index is 729. The molecule has 0 aliphatic carbocycles. The Morgan fingerprint density at radius 1 is 1.26 bits per heavy atom. The summed E-state index contributed by atoms with van der Waals surface area (Å²) in [6.07, 6.45) is 0. The summed E-state index contributed by atoms with van der Waals surface area (Å²) in [5, 5.41) is -0.572. The second-order valence-corrected chi connectivity index (χ2v) is 6.00. The fourth-order valence-electron chi connectivity index (χ4n) is 1.52. The molecule has 0 unspecified atom stereocenters. The van der Waals surface area contributed by atoms with Crippen LogP contribution in [0.25, 0.3) is 0 Å². The molecule has 0 radical (unpaired) electrons. The van der Waals surface area contributed by atoms with E-state index >= 15 is 0 Å². The Kier molecular flexibility index (Phi) is 6.04. The third kappa shape index (κ3) is 4.70. The van der Waals surface area contributed by atoms with E-state index in [2.05, 4.69) is 20.9 Å². The standard InChI is InChI=1S/C14H10BrCl2FN2O3/c15-8-3-1-7(2-4-8)5-22-9(21)6-23-14-11(17)12(19)10(16)13(18)20-14/h1-4H,5-6H2,(H2,19,20). The van der Waals surface area contributed by atoms with Crippen molar-refractivity contribution in [1.29, 1.82) is 0 Å². The van der Waals surface area contributed by atoms with E-state index in [-0.39, 0.29) is 23.2 Å². The molecule has 0 amide bonds. The van der Waals surface area contributed by atoms with E-state index in [9.17, 15) is 9.18 Å². The number of carbonyl (C=O) groups is 1. The molecule has 0 spiro atoms. The second-order valence-electron chi connectivity index (χ2n) is 4.33. The van der Waals surface area contributed by atoms with Gasteiger partial charge in [-0.15, -0.1) is 0 Å². The third-order valence-electron chi connectivity index (χ3n) is 2.68. The molecule has 0 saturated heterocycles. The number of aromatic nitrogens is 1. The minimum atomic E-state index is -1.04. The van der Waals surface area contributed by atoms with E-state index in [1.165, 1.54) is 0 Å². The molecule has 0 saturated carbocycles. The van der Waals surface area contributed by atoms with Crippen LogP contribution in [0.4, 0.5) is 10.1 Å². The molecule has 0 aliphatic rings. The van der Waals surface area contributed by atoms with E-state index in [4.69, 9.17) is 38.4 Å². The predicted octanol–water partition coefficient (Wildman–Crippen LogP) is 3.99. The topological polar surface area (TPSA) is 74.4 Å². The van der Waals surface area contributed by atoms with Crippen LogP contribution in [0.2, 0.25) is 10.0 Å². The fraction of sp³-hybridized carbons (Fsp3) is 0.143. The van der Waals surface area contributed by atoms with Crippen LogP contribution < -0.4 is 10.5 Å². The van der Waals surface area contributed by atoms with Gasteiger partial charge >= 0.3 is 5.97 Å². The average Bonchev–Trinajstić information content (AvgIpc) is 2.54. The van der Waals surface area contributed by atoms with Crippen molar-refractivity contribution in [2.75, 3.05) is 12.3 Å². The van der Waals surface area contributed by atoms with Gasteiger partial charge in [0.25, 0.3) is 0 Å². The van der Waals surface area contributed by atoms with Crippen molar-refractivity contribution in [2.24, 2.45) is 0 Å². The van der Waals surface area contributed by atoms with Crippen molar-refractivity contribution in [3.8, 4) is 5.88 Å². The van der Waals surface area contributed by atoms with Crippen LogP contribution in [0.15, 0.2) is 28.7 Å². The average molecular weight is 424 g/mol. The zero-order valence-corrected chi connectivity index (χ0v) is 14.6. The van der Waals surface area contributed by atoms with Gasteiger partial charge in [0, 0.05) is 4.47 Å². The minimum absolute atomic E-state index is 0.0771. The fourth-order valence-corrected chi connectivity index (χ4v) is 2.16. The van der Waals surface area contributed by atoms with Crippen molar-refractivity contribution in [3.63, 3.8) is 0 Å². The largest absolute Gasteiger partial charge is 0.464 e. The Labute approximate surface area is 149 Å². The molecule has 2 rings (SSSR count). The van der Waals surface area contributed by atoms with E-state index in [0.29, 0.717) is 0 Å². The Morgan fingerprint density at radius 3 is 2.57 bits per heavy atom. The number of ether oxygens (including phenoxy) is 2. The minimum Gasteiger partial charge on any atom is -0.464 e. The van der Waals surface area contributed by atoms with Crippen molar-refractivity contribution in [3.05, 3.63) is 50.3 Å². The second kappa shape index (κ2) is 7.81.